The first kappa shape index (κ1) is 11.9. The number of aromatic nitrogens is 2. The number of hydrogen-bond acceptors (Lipinski definition) is 3. The van der Waals surface area contributed by atoms with Gasteiger partial charge in [-0.1, -0.05) is 12.1 Å². The number of ether oxygens (including phenoxy) is 1. The van der Waals surface area contributed by atoms with Crippen LogP contribution in [0.5, 0.6) is 0 Å². The Balaban J connectivity index is 1.77. The summed E-state index contributed by atoms with van der Waals surface area (Å²) in [6.45, 7) is 5.70. The molecule has 0 amide bonds. The summed E-state index contributed by atoms with van der Waals surface area (Å²) >= 11 is 5.38. The standard InChI is InChI=1S/C13H17N3OS/c18-13-14-11-3-1-2-4-12(11)16(13)6-5-15-7-9-17-10-8-15/h1-4H,5-10H2,(H,14,18). The lowest BCUT2D eigenvalue weighted by Gasteiger charge is -2.26. The van der Waals surface area contributed by atoms with E-state index in [0.29, 0.717) is 0 Å². The number of hydrogen-bond donors (Lipinski definition) is 1. The quantitative estimate of drug-likeness (QED) is 0.860. The first-order chi connectivity index (χ1) is 8.84. The third-order valence-electron chi connectivity index (χ3n) is 3.43. The highest BCUT2D eigenvalue weighted by atomic mass is 32.1. The maximum absolute atomic E-state index is 5.38. The van der Waals surface area contributed by atoms with Gasteiger partial charge in [0.1, 0.15) is 0 Å². The number of imidazole rings is 1. The number of nitrogens with one attached hydrogen (secondary N) is 1. The lowest BCUT2D eigenvalue weighted by molar-refractivity contribution is 0.0365. The Morgan fingerprint density at radius 3 is 2.78 bits per heavy atom. The van der Waals surface area contributed by atoms with Crippen LogP contribution >= 0.6 is 12.2 Å². The van der Waals surface area contributed by atoms with Gasteiger partial charge in [0, 0.05) is 26.2 Å². The second-order valence-corrected chi connectivity index (χ2v) is 4.94. The molecule has 1 aliphatic rings. The van der Waals surface area contributed by atoms with Gasteiger partial charge in [-0.15, -0.1) is 0 Å². The van der Waals surface area contributed by atoms with Crippen LogP contribution in [0.25, 0.3) is 11.0 Å². The molecule has 1 aromatic heterocycles. The zero-order valence-electron chi connectivity index (χ0n) is 10.3. The van der Waals surface area contributed by atoms with E-state index in [0.717, 1.165) is 49.7 Å². The molecule has 0 saturated carbocycles. The van der Waals surface area contributed by atoms with E-state index < -0.39 is 0 Å². The number of rotatable bonds is 3. The summed E-state index contributed by atoms with van der Waals surface area (Å²) in [5.41, 5.74) is 2.31. The highest BCUT2D eigenvalue weighted by molar-refractivity contribution is 7.71. The largest absolute Gasteiger partial charge is 0.379 e. The molecule has 0 spiro atoms. The van der Waals surface area contributed by atoms with Crippen molar-refractivity contribution in [3.05, 3.63) is 29.0 Å². The Hall–Kier alpha value is -1.17. The zero-order valence-corrected chi connectivity index (χ0v) is 11.1. The zero-order chi connectivity index (χ0) is 12.4. The summed E-state index contributed by atoms with van der Waals surface area (Å²) in [4.78, 5) is 5.67. The molecule has 1 aliphatic heterocycles. The first-order valence-corrected chi connectivity index (χ1v) is 6.73. The summed E-state index contributed by atoms with van der Waals surface area (Å²) in [7, 11) is 0. The number of nitrogens with zero attached hydrogens (tertiary/aromatic N) is 2. The molecule has 18 heavy (non-hydrogen) atoms. The topological polar surface area (TPSA) is 33.2 Å². The summed E-state index contributed by atoms with van der Waals surface area (Å²) in [6, 6.07) is 8.26. The average Bonchev–Trinajstić information content (AvgIpc) is 2.73. The summed E-state index contributed by atoms with van der Waals surface area (Å²) < 4.78 is 8.35. The molecule has 0 bridgehead atoms. The lowest BCUT2D eigenvalue weighted by Crippen LogP contribution is -2.38. The SMILES string of the molecule is S=c1[nH]c2ccccc2n1CCN1CCOCC1. The molecule has 1 fully saturated rings. The van der Waals surface area contributed by atoms with Crippen molar-refractivity contribution in [2.45, 2.75) is 6.54 Å². The van der Waals surface area contributed by atoms with Crippen LogP contribution in [0.4, 0.5) is 0 Å². The maximum atomic E-state index is 5.38. The molecule has 2 aromatic rings. The van der Waals surface area contributed by atoms with E-state index in [1.54, 1.807) is 0 Å². The highest BCUT2D eigenvalue weighted by Crippen LogP contribution is 2.13. The van der Waals surface area contributed by atoms with Gasteiger partial charge in [-0.05, 0) is 24.4 Å². The Morgan fingerprint density at radius 2 is 1.94 bits per heavy atom. The van der Waals surface area contributed by atoms with E-state index in [9.17, 15) is 0 Å². The molecule has 1 N–H and O–H groups in total. The van der Waals surface area contributed by atoms with Crippen LogP contribution in [-0.4, -0.2) is 47.3 Å². The normalized spacial score (nSPS) is 17.3. The maximum Gasteiger partial charge on any atom is 0.178 e. The number of para-hydroxylation sites is 2. The Labute approximate surface area is 111 Å². The molecule has 2 heterocycles. The first-order valence-electron chi connectivity index (χ1n) is 6.32. The molecule has 0 atom stereocenters. The minimum absolute atomic E-state index is 0.810. The third-order valence-corrected chi connectivity index (χ3v) is 3.75. The predicted molar refractivity (Wildman–Crippen MR) is 74.4 cm³/mol. The van der Waals surface area contributed by atoms with Crippen molar-refractivity contribution in [3.63, 3.8) is 0 Å². The fraction of sp³-hybridized carbons (Fsp3) is 0.462. The van der Waals surface area contributed by atoms with Crippen LogP contribution in [0, 0.1) is 4.77 Å². The van der Waals surface area contributed by atoms with Crippen LogP contribution in [0.1, 0.15) is 0 Å². The molecule has 3 rings (SSSR count). The van der Waals surface area contributed by atoms with Crippen LogP contribution in [-0.2, 0) is 11.3 Å². The molecule has 0 aliphatic carbocycles. The van der Waals surface area contributed by atoms with Crippen molar-refractivity contribution in [2.75, 3.05) is 32.8 Å². The number of morpholine rings is 1. The van der Waals surface area contributed by atoms with Crippen LogP contribution < -0.4 is 0 Å². The monoisotopic (exact) mass is 263 g/mol. The van der Waals surface area contributed by atoms with Crippen molar-refractivity contribution in [2.24, 2.45) is 0 Å². The van der Waals surface area contributed by atoms with Crippen LogP contribution in [0.2, 0.25) is 0 Å². The number of fused-ring (bicyclic) bond motifs is 1. The smallest absolute Gasteiger partial charge is 0.178 e. The fourth-order valence-electron chi connectivity index (χ4n) is 2.39. The van der Waals surface area contributed by atoms with Gasteiger partial charge >= 0.3 is 0 Å². The molecule has 5 heteroatoms. The summed E-state index contributed by atoms with van der Waals surface area (Å²) in [6.07, 6.45) is 0. The molecule has 1 saturated heterocycles. The second kappa shape index (κ2) is 5.22. The number of H-pyrrole nitrogens is 1. The van der Waals surface area contributed by atoms with Gasteiger partial charge < -0.3 is 14.3 Å². The van der Waals surface area contributed by atoms with Gasteiger partial charge in [0.05, 0.1) is 24.2 Å². The Kier molecular flexibility index (Phi) is 3.45. The molecular formula is C13H17N3OS. The molecule has 4 nitrogen and oxygen atoms in total. The fourth-order valence-corrected chi connectivity index (χ4v) is 2.69. The predicted octanol–water partition coefficient (Wildman–Crippen LogP) is 2.03. The van der Waals surface area contributed by atoms with Crippen LogP contribution in [0.15, 0.2) is 24.3 Å². The molecule has 0 unspecified atom stereocenters. The summed E-state index contributed by atoms with van der Waals surface area (Å²) in [5, 5.41) is 0. The van der Waals surface area contributed by atoms with Crippen molar-refractivity contribution in [3.8, 4) is 0 Å². The molecule has 0 radical (unpaired) electrons. The third kappa shape index (κ3) is 2.34. The molecule has 96 valence electrons. The van der Waals surface area contributed by atoms with E-state index in [4.69, 9.17) is 17.0 Å². The van der Waals surface area contributed by atoms with E-state index >= 15 is 0 Å². The van der Waals surface area contributed by atoms with Crippen molar-refractivity contribution < 1.29 is 4.74 Å². The second-order valence-electron chi connectivity index (χ2n) is 4.55. The van der Waals surface area contributed by atoms with Gasteiger partial charge in [0.25, 0.3) is 0 Å². The molecular weight excluding hydrogens is 246 g/mol. The highest BCUT2D eigenvalue weighted by Gasteiger charge is 2.11. The van der Waals surface area contributed by atoms with E-state index in [1.807, 2.05) is 6.07 Å². The Morgan fingerprint density at radius 1 is 1.17 bits per heavy atom. The van der Waals surface area contributed by atoms with Crippen molar-refractivity contribution in [1.29, 1.82) is 0 Å². The minimum atomic E-state index is 0.810. The Bertz CT molecular complexity index is 583. The van der Waals surface area contributed by atoms with Crippen molar-refractivity contribution >= 4 is 23.3 Å². The number of aromatic amines is 1. The number of benzene rings is 1. The minimum Gasteiger partial charge on any atom is -0.379 e. The summed E-state index contributed by atoms with van der Waals surface area (Å²) in [5.74, 6) is 0. The average molecular weight is 263 g/mol. The van der Waals surface area contributed by atoms with Gasteiger partial charge in [0.2, 0.25) is 0 Å². The van der Waals surface area contributed by atoms with Crippen LogP contribution in [0.3, 0.4) is 0 Å². The van der Waals surface area contributed by atoms with Gasteiger partial charge in [-0.2, -0.15) is 0 Å². The van der Waals surface area contributed by atoms with E-state index in [1.165, 1.54) is 5.52 Å². The van der Waals surface area contributed by atoms with E-state index in [-0.39, 0.29) is 0 Å². The van der Waals surface area contributed by atoms with Crippen molar-refractivity contribution in [1.82, 2.24) is 14.5 Å². The van der Waals surface area contributed by atoms with E-state index in [2.05, 4.69) is 32.7 Å². The molecule has 1 aromatic carbocycles. The van der Waals surface area contributed by atoms with Gasteiger partial charge in [-0.3, -0.25) is 4.90 Å². The van der Waals surface area contributed by atoms with Gasteiger partial charge in [0.15, 0.2) is 4.77 Å². The van der Waals surface area contributed by atoms with Gasteiger partial charge in [-0.25, -0.2) is 0 Å². The lowest BCUT2D eigenvalue weighted by atomic mass is 10.3.